The van der Waals surface area contributed by atoms with E-state index in [2.05, 4.69) is 36.6 Å². The topological polar surface area (TPSA) is 255 Å². The fraction of sp³-hybridized carbons (Fsp3) is 0.579. The monoisotopic (exact) mass is 586 g/mol. The lowest BCUT2D eigenvalue weighted by Crippen LogP contribution is -2.73. The fourth-order valence-corrected chi connectivity index (χ4v) is 5.52. The Morgan fingerprint density at radius 2 is 2.10 bits per heavy atom. The highest BCUT2D eigenvalue weighted by atomic mass is 32.2. The number of nitrogens with zero attached hydrogens (tertiary/aromatic N) is 5. The van der Waals surface area contributed by atoms with Crippen LogP contribution in [0.15, 0.2) is 22.5 Å². The van der Waals surface area contributed by atoms with Gasteiger partial charge in [-0.05, 0) is 0 Å². The molecule has 3 unspecified atom stereocenters. The molecule has 39 heavy (non-hydrogen) atoms. The molecule has 5 rings (SSSR count). The number of nitrogens with two attached hydrogens (primary N) is 1. The van der Waals surface area contributed by atoms with E-state index in [1.165, 1.54) is 11.6 Å². The van der Waals surface area contributed by atoms with E-state index in [4.69, 9.17) is 10.6 Å². The second-order valence-electron chi connectivity index (χ2n) is 9.32. The van der Waals surface area contributed by atoms with E-state index < -0.39 is 57.0 Å². The first kappa shape index (κ1) is 27.3. The van der Waals surface area contributed by atoms with E-state index >= 15 is 0 Å². The molecule has 0 radical (unpaired) electrons. The number of rotatable bonds is 12. The van der Waals surface area contributed by atoms with Crippen LogP contribution in [0.4, 0.5) is 0 Å². The SMILES string of the molecule is NC1NC(/C(=N/OC2(C(=O)O)CC2)C(=O)NC2C(=O)N(S(=O)(=O)O)C2Cn2ncc(CNC3CNC3)n2)=CS1. The van der Waals surface area contributed by atoms with E-state index in [9.17, 15) is 32.5 Å². The van der Waals surface area contributed by atoms with Crippen molar-refractivity contribution in [1.29, 1.82) is 0 Å². The van der Waals surface area contributed by atoms with Gasteiger partial charge in [-0.15, -0.1) is 0 Å². The molecule has 0 bridgehead atoms. The van der Waals surface area contributed by atoms with Gasteiger partial charge in [0.05, 0.1) is 24.1 Å². The maximum Gasteiger partial charge on any atom is 0.362 e. The molecular weight excluding hydrogens is 560 g/mol. The number of aromatic nitrogens is 3. The van der Waals surface area contributed by atoms with Gasteiger partial charge in [-0.1, -0.05) is 16.9 Å². The standard InChI is InChI=1S/C19H26N10O8S2/c20-18-24-11(8-38-18)13(27-37-19(1-2-19)17(32)33)15(30)25-14-12(29(16(14)31)39(34,35)36)7-28-23-6-10(26-28)5-22-9-3-21-4-9/h6,8-9,12,14,18,21-22,24H,1-5,7,20H2,(H,25,30)(H,32,33)(H,34,35,36)/b27-13-. The molecule has 3 aliphatic heterocycles. The van der Waals surface area contributed by atoms with Crippen LogP contribution in [0.3, 0.4) is 0 Å². The highest BCUT2D eigenvalue weighted by Crippen LogP contribution is 2.40. The fourth-order valence-electron chi connectivity index (χ4n) is 3.99. The third kappa shape index (κ3) is 5.70. The minimum Gasteiger partial charge on any atom is -0.478 e. The highest BCUT2D eigenvalue weighted by Gasteiger charge is 2.56. The molecule has 4 heterocycles. The van der Waals surface area contributed by atoms with E-state index in [1.807, 2.05) is 0 Å². The highest BCUT2D eigenvalue weighted by molar-refractivity contribution is 8.02. The van der Waals surface area contributed by atoms with Crippen LogP contribution < -0.4 is 27.0 Å². The Morgan fingerprint density at radius 1 is 1.36 bits per heavy atom. The lowest BCUT2D eigenvalue weighted by atomic mass is 9.98. The summed E-state index contributed by atoms with van der Waals surface area (Å²) in [5.41, 5.74) is 3.92. The molecule has 0 spiro atoms. The molecule has 212 valence electrons. The molecule has 1 aromatic rings. The van der Waals surface area contributed by atoms with Crippen molar-refractivity contribution in [2.75, 3.05) is 13.1 Å². The van der Waals surface area contributed by atoms with Gasteiger partial charge in [0.1, 0.15) is 17.6 Å². The Hall–Kier alpha value is -3.30. The van der Waals surface area contributed by atoms with Crippen LogP contribution in [-0.4, -0.2) is 103 Å². The van der Waals surface area contributed by atoms with Crippen molar-refractivity contribution in [3.05, 3.63) is 23.0 Å². The summed E-state index contributed by atoms with van der Waals surface area (Å²) in [4.78, 5) is 43.7. The van der Waals surface area contributed by atoms with Gasteiger partial charge in [0.15, 0.2) is 5.71 Å². The first-order valence-corrected chi connectivity index (χ1v) is 14.1. The molecule has 2 saturated heterocycles. The van der Waals surface area contributed by atoms with E-state index in [0.29, 0.717) is 18.3 Å². The molecule has 8 N–H and O–H groups in total. The van der Waals surface area contributed by atoms with Gasteiger partial charge in [-0.25, -0.2) is 9.10 Å². The molecule has 2 amide bonds. The number of thioether (sulfide) groups is 1. The summed E-state index contributed by atoms with van der Waals surface area (Å²) in [5, 5.41) is 34.5. The van der Waals surface area contributed by atoms with Crippen molar-refractivity contribution in [2.45, 2.75) is 55.2 Å². The average molecular weight is 587 g/mol. The van der Waals surface area contributed by atoms with Crippen molar-refractivity contribution in [2.24, 2.45) is 10.9 Å². The summed E-state index contributed by atoms with van der Waals surface area (Å²) in [6.45, 7) is 1.80. The summed E-state index contributed by atoms with van der Waals surface area (Å²) in [6, 6.07) is -2.37. The van der Waals surface area contributed by atoms with E-state index in [-0.39, 0.29) is 29.4 Å². The van der Waals surface area contributed by atoms with Crippen LogP contribution in [0.25, 0.3) is 0 Å². The van der Waals surface area contributed by atoms with Gasteiger partial charge in [-0.2, -0.15) is 23.4 Å². The summed E-state index contributed by atoms with van der Waals surface area (Å²) < 4.78 is 33.6. The molecule has 3 fully saturated rings. The predicted molar refractivity (Wildman–Crippen MR) is 133 cm³/mol. The number of carbonyl (C=O) groups is 3. The van der Waals surface area contributed by atoms with Crippen LogP contribution in [0.1, 0.15) is 18.5 Å². The number of β-lactam (4-membered cyclic amide) rings is 1. The van der Waals surface area contributed by atoms with Crippen molar-refractivity contribution in [3.63, 3.8) is 0 Å². The number of aliphatic carboxylic acids is 1. The van der Waals surface area contributed by atoms with Crippen LogP contribution in [0.5, 0.6) is 0 Å². The van der Waals surface area contributed by atoms with Gasteiger partial charge >= 0.3 is 16.3 Å². The number of hydrogen-bond acceptors (Lipinski definition) is 14. The Labute approximate surface area is 225 Å². The number of oxime groups is 1. The zero-order chi connectivity index (χ0) is 27.9. The molecule has 4 aliphatic rings. The summed E-state index contributed by atoms with van der Waals surface area (Å²) >= 11 is 1.12. The van der Waals surface area contributed by atoms with Crippen molar-refractivity contribution in [1.82, 2.24) is 40.6 Å². The molecular formula is C19H26N10O8S2. The number of nitrogens with one attached hydrogen (secondary N) is 4. The number of carbonyl (C=O) groups excluding carboxylic acids is 2. The normalized spacial score (nSPS) is 26.3. The summed E-state index contributed by atoms with van der Waals surface area (Å²) in [6.07, 6.45) is 1.86. The van der Waals surface area contributed by atoms with Crippen molar-refractivity contribution in [3.8, 4) is 0 Å². The minimum atomic E-state index is -4.96. The van der Waals surface area contributed by atoms with Gasteiger partial charge < -0.3 is 36.9 Å². The number of carboxylic acid groups (broad SMARTS) is 1. The second kappa shape index (κ2) is 10.4. The van der Waals surface area contributed by atoms with Gasteiger partial charge in [0.2, 0.25) is 5.60 Å². The second-order valence-corrected chi connectivity index (χ2v) is 11.6. The van der Waals surface area contributed by atoms with Crippen LogP contribution >= 0.6 is 11.8 Å². The quantitative estimate of drug-likeness (QED) is 0.0537. The van der Waals surface area contributed by atoms with Crippen LogP contribution in [0.2, 0.25) is 0 Å². The average Bonchev–Trinajstić information content (AvgIpc) is 3.30. The first-order chi connectivity index (χ1) is 18.5. The van der Waals surface area contributed by atoms with Gasteiger partial charge in [-0.3, -0.25) is 14.1 Å². The Morgan fingerprint density at radius 3 is 2.67 bits per heavy atom. The third-order valence-corrected chi connectivity index (χ3v) is 8.23. The van der Waals surface area contributed by atoms with Crippen LogP contribution in [-0.2, 0) is 42.6 Å². The van der Waals surface area contributed by atoms with Crippen molar-refractivity contribution < 1.29 is 37.3 Å². The largest absolute Gasteiger partial charge is 0.478 e. The molecule has 3 atom stereocenters. The van der Waals surface area contributed by atoms with E-state index in [1.54, 1.807) is 0 Å². The molecule has 0 aromatic carbocycles. The van der Waals surface area contributed by atoms with Gasteiger partial charge in [0.25, 0.3) is 11.8 Å². The lowest BCUT2D eigenvalue weighted by Gasteiger charge is -2.43. The summed E-state index contributed by atoms with van der Waals surface area (Å²) in [7, 11) is -4.96. The minimum absolute atomic E-state index is 0.119. The first-order valence-electron chi connectivity index (χ1n) is 11.8. The lowest BCUT2D eigenvalue weighted by molar-refractivity contribution is -0.153. The van der Waals surface area contributed by atoms with Gasteiger partial charge in [0, 0.05) is 43.9 Å². The zero-order valence-electron chi connectivity index (χ0n) is 20.2. The molecule has 1 aliphatic carbocycles. The third-order valence-electron chi connectivity index (χ3n) is 6.50. The maximum atomic E-state index is 13.2. The smallest absolute Gasteiger partial charge is 0.362 e. The predicted octanol–water partition coefficient (Wildman–Crippen LogP) is -3.75. The van der Waals surface area contributed by atoms with Crippen molar-refractivity contribution >= 4 is 45.6 Å². The summed E-state index contributed by atoms with van der Waals surface area (Å²) in [5.74, 6) is -3.30. The Bertz CT molecular complexity index is 1340. The molecule has 1 aromatic heterocycles. The zero-order valence-corrected chi connectivity index (χ0v) is 21.8. The molecule has 1 saturated carbocycles. The molecule has 18 nitrogen and oxygen atoms in total. The molecule has 20 heteroatoms. The Balaban J connectivity index is 1.31. The van der Waals surface area contributed by atoms with Crippen LogP contribution in [0, 0.1) is 0 Å². The number of amides is 2. The number of hydrogen-bond donors (Lipinski definition) is 7. The Kier molecular flexibility index (Phi) is 7.24. The number of carboxylic acids is 1. The maximum absolute atomic E-state index is 13.2. The van der Waals surface area contributed by atoms with E-state index in [0.717, 1.165) is 29.6 Å².